The summed E-state index contributed by atoms with van der Waals surface area (Å²) in [6.07, 6.45) is 4.59. The number of unbranched alkanes of at least 4 members (excludes halogenated alkanes) is 1. The number of piperidine rings is 1. The summed E-state index contributed by atoms with van der Waals surface area (Å²) >= 11 is 1.50. The Morgan fingerprint density at radius 3 is 2.61 bits per heavy atom. The molecule has 0 unspecified atom stereocenters. The minimum atomic E-state index is -0.362. The van der Waals surface area contributed by atoms with Crippen molar-refractivity contribution in [2.75, 3.05) is 18.4 Å². The van der Waals surface area contributed by atoms with Gasteiger partial charge in [0.05, 0.1) is 10.2 Å². The molecule has 2 aromatic carbocycles. The van der Waals surface area contributed by atoms with Gasteiger partial charge in [-0.1, -0.05) is 30.7 Å². The molecule has 1 aromatic heterocycles. The molecule has 0 aliphatic carbocycles. The first kappa shape index (κ1) is 21.4. The number of carbonyl (C=O) groups excluding carboxylic acids is 2. The summed E-state index contributed by atoms with van der Waals surface area (Å²) in [5.74, 6) is -0.675. The number of hydrogen-bond donors (Lipinski definition) is 1. The van der Waals surface area contributed by atoms with Crippen LogP contribution >= 0.6 is 11.3 Å². The molecule has 3 aromatic rings. The molecule has 7 heteroatoms. The van der Waals surface area contributed by atoms with E-state index in [0.717, 1.165) is 29.5 Å². The Bertz CT molecular complexity index is 1070. The van der Waals surface area contributed by atoms with Gasteiger partial charge in [0.25, 0.3) is 5.91 Å². The number of fused-ring (bicyclic) bond motifs is 1. The predicted octanol–water partition coefficient (Wildman–Crippen LogP) is 5.27. The zero-order valence-electron chi connectivity index (χ0n) is 17.6. The number of anilines is 1. The molecule has 0 radical (unpaired) electrons. The van der Waals surface area contributed by atoms with E-state index in [1.807, 2.05) is 6.07 Å². The Balaban J connectivity index is 1.33. The van der Waals surface area contributed by atoms with Gasteiger partial charge in [-0.15, -0.1) is 0 Å². The molecule has 1 fully saturated rings. The van der Waals surface area contributed by atoms with Crippen LogP contribution in [0.5, 0.6) is 0 Å². The first-order valence-corrected chi connectivity index (χ1v) is 11.6. The lowest BCUT2D eigenvalue weighted by atomic mass is 9.95. The van der Waals surface area contributed by atoms with E-state index >= 15 is 0 Å². The maximum absolute atomic E-state index is 13.1. The minimum Gasteiger partial charge on any atom is -0.339 e. The van der Waals surface area contributed by atoms with Gasteiger partial charge in [0.2, 0.25) is 5.91 Å². The van der Waals surface area contributed by atoms with Crippen LogP contribution < -0.4 is 5.32 Å². The summed E-state index contributed by atoms with van der Waals surface area (Å²) in [4.78, 5) is 31.6. The highest BCUT2D eigenvalue weighted by atomic mass is 32.1. The third-order valence-electron chi connectivity index (χ3n) is 5.75. The summed E-state index contributed by atoms with van der Waals surface area (Å²) in [6.45, 7) is 3.20. The number of carbonyl (C=O) groups is 2. The van der Waals surface area contributed by atoms with Crippen molar-refractivity contribution in [2.24, 2.45) is 5.92 Å². The van der Waals surface area contributed by atoms with Gasteiger partial charge in [0, 0.05) is 24.6 Å². The summed E-state index contributed by atoms with van der Waals surface area (Å²) in [6, 6.07) is 11.9. The molecule has 31 heavy (non-hydrogen) atoms. The number of rotatable bonds is 6. The van der Waals surface area contributed by atoms with Gasteiger partial charge in [0.1, 0.15) is 5.82 Å². The van der Waals surface area contributed by atoms with Gasteiger partial charge in [-0.2, -0.15) is 0 Å². The van der Waals surface area contributed by atoms with Gasteiger partial charge in [-0.25, -0.2) is 9.37 Å². The fourth-order valence-electron chi connectivity index (χ4n) is 3.89. The van der Waals surface area contributed by atoms with Crippen LogP contribution in [0, 0.1) is 11.7 Å². The third-order valence-corrected chi connectivity index (χ3v) is 6.68. The molecule has 0 atom stereocenters. The number of benzene rings is 2. The topological polar surface area (TPSA) is 62.3 Å². The number of aryl methyl sites for hydroxylation is 1. The van der Waals surface area contributed by atoms with Gasteiger partial charge in [-0.3, -0.25) is 9.59 Å². The molecule has 1 saturated heterocycles. The molecule has 5 nitrogen and oxygen atoms in total. The maximum atomic E-state index is 13.1. The van der Waals surface area contributed by atoms with E-state index in [1.54, 1.807) is 4.90 Å². The van der Waals surface area contributed by atoms with Crippen LogP contribution in [0.15, 0.2) is 42.5 Å². The van der Waals surface area contributed by atoms with Crippen LogP contribution in [0.3, 0.4) is 0 Å². The average molecular weight is 440 g/mol. The molecule has 4 rings (SSSR count). The SMILES string of the molecule is CCCCc1ccc2nc(NC(=O)C3CCN(C(=O)c4ccc(F)cc4)CC3)sc2c1. The number of likely N-dealkylation sites (tertiary alicyclic amines) is 1. The van der Waals surface area contributed by atoms with E-state index in [9.17, 15) is 14.0 Å². The number of hydrogen-bond acceptors (Lipinski definition) is 4. The Kier molecular flexibility index (Phi) is 6.61. The smallest absolute Gasteiger partial charge is 0.253 e. The van der Waals surface area contributed by atoms with Gasteiger partial charge in [0.15, 0.2) is 5.13 Å². The van der Waals surface area contributed by atoms with Crippen molar-refractivity contribution in [3.63, 3.8) is 0 Å². The summed E-state index contributed by atoms with van der Waals surface area (Å²) < 4.78 is 14.2. The van der Waals surface area contributed by atoms with E-state index in [1.165, 1.54) is 41.2 Å². The second kappa shape index (κ2) is 9.56. The fourth-order valence-corrected chi connectivity index (χ4v) is 4.82. The molecule has 0 saturated carbocycles. The number of thiazole rings is 1. The first-order chi connectivity index (χ1) is 15.0. The number of nitrogens with zero attached hydrogens (tertiary/aromatic N) is 2. The van der Waals surface area contributed by atoms with Crippen LogP contribution in [-0.4, -0.2) is 34.8 Å². The monoisotopic (exact) mass is 439 g/mol. The Hall–Kier alpha value is -2.80. The summed E-state index contributed by atoms with van der Waals surface area (Å²) in [7, 11) is 0. The van der Waals surface area contributed by atoms with Crippen molar-refractivity contribution >= 4 is 38.5 Å². The number of nitrogens with one attached hydrogen (secondary N) is 1. The van der Waals surface area contributed by atoms with Gasteiger partial charge >= 0.3 is 0 Å². The highest BCUT2D eigenvalue weighted by molar-refractivity contribution is 7.22. The van der Waals surface area contributed by atoms with E-state index in [-0.39, 0.29) is 23.5 Å². The molecule has 0 bridgehead atoms. The van der Waals surface area contributed by atoms with Crippen LogP contribution in [-0.2, 0) is 11.2 Å². The Morgan fingerprint density at radius 1 is 1.16 bits per heavy atom. The minimum absolute atomic E-state index is 0.0425. The van der Waals surface area contributed by atoms with Crippen molar-refractivity contribution in [3.05, 3.63) is 59.4 Å². The molecular weight excluding hydrogens is 413 g/mol. The number of amides is 2. The van der Waals surface area contributed by atoms with Crippen LogP contribution in [0.4, 0.5) is 9.52 Å². The molecule has 2 amide bonds. The quantitative estimate of drug-likeness (QED) is 0.569. The van der Waals surface area contributed by atoms with Crippen molar-refractivity contribution in [2.45, 2.75) is 39.0 Å². The predicted molar refractivity (Wildman–Crippen MR) is 122 cm³/mol. The average Bonchev–Trinajstić information content (AvgIpc) is 3.19. The van der Waals surface area contributed by atoms with E-state index in [4.69, 9.17) is 0 Å². The lowest BCUT2D eigenvalue weighted by molar-refractivity contribution is -0.121. The zero-order valence-corrected chi connectivity index (χ0v) is 18.4. The number of halogens is 1. The number of aromatic nitrogens is 1. The van der Waals surface area contributed by atoms with Crippen molar-refractivity contribution < 1.29 is 14.0 Å². The first-order valence-electron chi connectivity index (χ1n) is 10.8. The van der Waals surface area contributed by atoms with Crippen molar-refractivity contribution in [3.8, 4) is 0 Å². The van der Waals surface area contributed by atoms with E-state index < -0.39 is 0 Å². The Morgan fingerprint density at radius 2 is 1.90 bits per heavy atom. The highest BCUT2D eigenvalue weighted by Gasteiger charge is 2.28. The lowest BCUT2D eigenvalue weighted by Crippen LogP contribution is -2.41. The normalized spacial score (nSPS) is 14.7. The molecule has 162 valence electrons. The largest absolute Gasteiger partial charge is 0.339 e. The molecular formula is C24H26FN3O2S. The van der Waals surface area contributed by atoms with Gasteiger partial charge in [-0.05, 0) is 67.6 Å². The van der Waals surface area contributed by atoms with E-state index in [0.29, 0.717) is 36.6 Å². The third kappa shape index (κ3) is 5.10. The van der Waals surface area contributed by atoms with Crippen molar-refractivity contribution in [1.29, 1.82) is 0 Å². The molecule has 1 aliphatic rings. The Labute approximate surface area is 185 Å². The molecule has 1 aliphatic heterocycles. The van der Waals surface area contributed by atoms with E-state index in [2.05, 4.69) is 29.4 Å². The standard InChI is InChI=1S/C24H26FN3O2S/c1-2-3-4-16-5-10-20-21(15-16)31-24(26-20)27-22(29)17-11-13-28(14-12-17)23(30)18-6-8-19(25)9-7-18/h5-10,15,17H,2-4,11-14H2,1H3,(H,26,27,29). The zero-order chi connectivity index (χ0) is 21.8. The lowest BCUT2D eigenvalue weighted by Gasteiger charge is -2.31. The fraction of sp³-hybridized carbons (Fsp3) is 0.375. The summed E-state index contributed by atoms with van der Waals surface area (Å²) in [5.41, 5.74) is 2.67. The van der Waals surface area contributed by atoms with Crippen LogP contribution in [0.25, 0.3) is 10.2 Å². The highest BCUT2D eigenvalue weighted by Crippen LogP contribution is 2.29. The second-order valence-electron chi connectivity index (χ2n) is 7.99. The molecule has 1 N–H and O–H groups in total. The second-order valence-corrected chi connectivity index (χ2v) is 9.02. The van der Waals surface area contributed by atoms with Crippen LogP contribution in [0.2, 0.25) is 0 Å². The summed E-state index contributed by atoms with van der Waals surface area (Å²) in [5, 5.41) is 3.59. The molecule has 0 spiro atoms. The van der Waals surface area contributed by atoms with Crippen molar-refractivity contribution in [1.82, 2.24) is 9.88 Å². The maximum Gasteiger partial charge on any atom is 0.253 e. The molecule has 2 heterocycles. The van der Waals surface area contributed by atoms with Gasteiger partial charge < -0.3 is 10.2 Å². The van der Waals surface area contributed by atoms with Crippen LogP contribution in [0.1, 0.15) is 48.5 Å².